The molecule has 15 heavy (non-hydrogen) atoms. The number of esters is 1. The van der Waals surface area contributed by atoms with E-state index in [4.69, 9.17) is 9.84 Å². The van der Waals surface area contributed by atoms with Crippen molar-refractivity contribution in [2.45, 2.75) is 20.0 Å². The molecule has 1 N–H and O–H groups in total. The molecule has 0 bridgehead atoms. The predicted octanol–water partition coefficient (Wildman–Crippen LogP) is 1.89. The highest BCUT2D eigenvalue weighted by Crippen LogP contribution is 2.15. The summed E-state index contributed by atoms with van der Waals surface area (Å²) >= 11 is 2.17. The van der Waals surface area contributed by atoms with Gasteiger partial charge in [-0.05, 0) is 46.7 Å². The van der Waals surface area contributed by atoms with Gasteiger partial charge in [0.25, 0.3) is 0 Å². The Kier molecular flexibility index (Phi) is 5.04. The van der Waals surface area contributed by atoms with Crippen molar-refractivity contribution in [3.63, 3.8) is 0 Å². The fraction of sp³-hybridized carbons (Fsp3) is 0.364. The Labute approximate surface area is 103 Å². The zero-order valence-corrected chi connectivity index (χ0v) is 10.7. The Balaban J connectivity index is 2.79. The van der Waals surface area contributed by atoms with E-state index >= 15 is 0 Å². The Morgan fingerprint density at radius 1 is 1.53 bits per heavy atom. The Hall–Kier alpha value is -0.620. The largest absolute Gasteiger partial charge is 0.466 e. The second-order valence-electron chi connectivity index (χ2n) is 3.07. The van der Waals surface area contributed by atoms with Crippen molar-refractivity contribution in [2.75, 3.05) is 6.61 Å². The summed E-state index contributed by atoms with van der Waals surface area (Å²) in [6.45, 7) is 2.18. The number of aliphatic hydroxyl groups excluding tert-OH is 1. The van der Waals surface area contributed by atoms with Crippen molar-refractivity contribution in [1.29, 1.82) is 0 Å². The van der Waals surface area contributed by atoms with Gasteiger partial charge in [0.1, 0.15) is 0 Å². The molecule has 1 rings (SSSR count). The number of carbonyl (C=O) groups excluding carboxylic acids is 1. The number of hydrogen-bond donors (Lipinski definition) is 1. The number of halogens is 1. The quantitative estimate of drug-likeness (QED) is 0.681. The van der Waals surface area contributed by atoms with E-state index in [1.54, 1.807) is 6.92 Å². The SMILES string of the molecule is CCOC(=O)Cc1cc(CO)ccc1I. The van der Waals surface area contributed by atoms with Crippen LogP contribution in [0.3, 0.4) is 0 Å². The third-order valence-electron chi connectivity index (χ3n) is 1.93. The van der Waals surface area contributed by atoms with E-state index < -0.39 is 0 Å². The summed E-state index contributed by atoms with van der Waals surface area (Å²) < 4.78 is 5.88. The van der Waals surface area contributed by atoms with Crippen LogP contribution in [0.2, 0.25) is 0 Å². The number of hydrogen-bond acceptors (Lipinski definition) is 3. The van der Waals surface area contributed by atoms with Crippen LogP contribution in [0, 0.1) is 3.57 Å². The molecule has 1 aromatic rings. The minimum absolute atomic E-state index is 0.00720. The van der Waals surface area contributed by atoms with Crippen LogP contribution >= 0.6 is 22.6 Å². The summed E-state index contributed by atoms with van der Waals surface area (Å²) in [6.07, 6.45) is 0.264. The smallest absolute Gasteiger partial charge is 0.310 e. The van der Waals surface area contributed by atoms with Crippen LogP contribution in [0.4, 0.5) is 0 Å². The second-order valence-corrected chi connectivity index (χ2v) is 4.23. The van der Waals surface area contributed by atoms with Gasteiger partial charge in [-0.15, -0.1) is 0 Å². The lowest BCUT2D eigenvalue weighted by molar-refractivity contribution is -0.142. The molecule has 0 unspecified atom stereocenters. The molecule has 1 aromatic carbocycles. The lowest BCUT2D eigenvalue weighted by atomic mass is 10.1. The summed E-state index contributed by atoms with van der Waals surface area (Å²) in [4.78, 5) is 11.3. The molecular weight excluding hydrogens is 307 g/mol. The van der Waals surface area contributed by atoms with Crippen LogP contribution in [0.15, 0.2) is 18.2 Å². The van der Waals surface area contributed by atoms with E-state index in [0.717, 1.165) is 14.7 Å². The van der Waals surface area contributed by atoms with Crippen molar-refractivity contribution >= 4 is 28.6 Å². The summed E-state index contributed by atoms with van der Waals surface area (Å²) in [5.41, 5.74) is 1.72. The van der Waals surface area contributed by atoms with E-state index in [-0.39, 0.29) is 19.0 Å². The fourth-order valence-corrected chi connectivity index (χ4v) is 1.76. The molecule has 0 saturated carbocycles. The minimum Gasteiger partial charge on any atom is -0.466 e. The van der Waals surface area contributed by atoms with Crippen molar-refractivity contribution in [1.82, 2.24) is 0 Å². The maximum absolute atomic E-state index is 11.3. The highest BCUT2D eigenvalue weighted by atomic mass is 127. The topological polar surface area (TPSA) is 46.5 Å². The van der Waals surface area contributed by atoms with Crippen molar-refractivity contribution in [3.05, 3.63) is 32.9 Å². The van der Waals surface area contributed by atoms with Crippen LogP contribution in [0.25, 0.3) is 0 Å². The zero-order chi connectivity index (χ0) is 11.3. The standard InChI is InChI=1S/C11H13IO3/c1-2-15-11(14)6-9-5-8(7-13)3-4-10(9)12/h3-5,13H,2,6-7H2,1H3. The third-order valence-corrected chi connectivity index (χ3v) is 2.99. The van der Waals surface area contributed by atoms with Crippen LogP contribution < -0.4 is 0 Å². The normalized spacial score (nSPS) is 10.1. The van der Waals surface area contributed by atoms with Crippen LogP contribution in [0.1, 0.15) is 18.1 Å². The van der Waals surface area contributed by atoms with Gasteiger partial charge < -0.3 is 9.84 Å². The molecule has 0 amide bonds. The number of ether oxygens (including phenoxy) is 1. The molecule has 0 atom stereocenters. The first-order chi connectivity index (χ1) is 7.17. The molecular formula is C11H13IO3. The molecule has 0 aliphatic rings. The van der Waals surface area contributed by atoms with Crippen molar-refractivity contribution < 1.29 is 14.6 Å². The zero-order valence-electron chi connectivity index (χ0n) is 8.50. The number of benzene rings is 1. The first kappa shape index (κ1) is 12.4. The molecule has 82 valence electrons. The summed E-state index contributed by atoms with van der Waals surface area (Å²) in [6, 6.07) is 5.57. The van der Waals surface area contributed by atoms with E-state index in [0.29, 0.717) is 6.61 Å². The van der Waals surface area contributed by atoms with Gasteiger partial charge in [-0.3, -0.25) is 4.79 Å². The van der Waals surface area contributed by atoms with Gasteiger partial charge in [0.2, 0.25) is 0 Å². The maximum Gasteiger partial charge on any atom is 0.310 e. The molecule has 3 nitrogen and oxygen atoms in total. The van der Waals surface area contributed by atoms with Gasteiger partial charge in [0.05, 0.1) is 19.6 Å². The number of aliphatic hydroxyl groups is 1. The number of carbonyl (C=O) groups is 1. The second kappa shape index (κ2) is 6.07. The molecule has 0 heterocycles. The van der Waals surface area contributed by atoms with E-state index in [1.807, 2.05) is 18.2 Å². The van der Waals surface area contributed by atoms with Gasteiger partial charge in [-0.25, -0.2) is 0 Å². The van der Waals surface area contributed by atoms with Crippen LogP contribution in [-0.4, -0.2) is 17.7 Å². The summed E-state index contributed by atoms with van der Waals surface area (Å²) in [5.74, 6) is -0.231. The van der Waals surface area contributed by atoms with E-state index in [2.05, 4.69) is 22.6 Å². The summed E-state index contributed by atoms with van der Waals surface area (Å²) in [7, 11) is 0. The number of rotatable bonds is 4. The Morgan fingerprint density at radius 3 is 2.87 bits per heavy atom. The molecule has 0 aromatic heterocycles. The van der Waals surface area contributed by atoms with E-state index in [9.17, 15) is 4.79 Å². The lowest BCUT2D eigenvalue weighted by Crippen LogP contribution is -2.08. The third kappa shape index (κ3) is 3.79. The molecule has 0 aliphatic carbocycles. The first-order valence-electron chi connectivity index (χ1n) is 4.71. The monoisotopic (exact) mass is 320 g/mol. The molecule has 0 spiro atoms. The van der Waals surface area contributed by atoms with Crippen LogP contribution in [-0.2, 0) is 22.6 Å². The summed E-state index contributed by atoms with van der Waals surface area (Å²) in [5, 5.41) is 8.97. The maximum atomic E-state index is 11.3. The van der Waals surface area contributed by atoms with E-state index in [1.165, 1.54) is 0 Å². The predicted molar refractivity (Wildman–Crippen MR) is 65.4 cm³/mol. The van der Waals surface area contributed by atoms with Gasteiger partial charge >= 0.3 is 5.97 Å². The average Bonchev–Trinajstić information content (AvgIpc) is 2.21. The Bertz CT molecular complexity index is 350. The highest BCUT2D eigenvalue weighted by Gasteiger charge is 2.08. The molecule has 0 saturated heterocycles. The van der Waals surface area contributed by atoms with Gasteiger partial charge in [0.15, 0.2) is 0 Å². The van der Waals surface area contributed by atoms with Gasteiger partial charge in [-0.1, -0.05) is 12.1 Å². The minimum atomic E-state index is -0.231. The molecule has 0 fully saturated rings. The van der Waals surface area contributed by atoms with Crippen molar-refractivity contribution in [2.24, 2.45) is 0 Å². The molecule has 0 radical (unpaired) electrons. The average molecular weight is 320 g/mol. The first-order valence-corrected chi connectivity index (χ1v) is 5.79. The molecule has 0 aliphatic heterocycles. The van der Waals surface area contributed by atoms with Crippen molar-refractivity contribution in [3.8, 4) is 0 Å². The van der Waals surface area contributed by atoms with Crippen LogP contribution in [0.5, 0.6) is 0 Å². The highest BCUT2D eigenvalue weighted by molar-refractivity contribution is 14.1. The Morgan fingerprint density at radius 2 is 2.27 bits per heavy atom. The van der Waals surface area contributed by atoms with Gasteiger partial charge in [-0.2, -0.15) is 0 Å². The van der Waals surface area contributed by atoms with Gasteiger partial charge in [0, 0.05) is 3.57 Å². The molecule has 4 heteroatoms. The fourth-order valence-electron chi connectivity index (χ4n) is 1.23. The lowest BCUT2D eigenvalue weighted by Gasteiger charge is -2.06.